The highest BCUT2D eigenvalue weighted by atomic mass is 35.5. The highest BCUT2D eigenvalue weighted by molar-refractivity contribution is 6.17. The quantitative estimate of drug-likeness (QED) is 0.449. The van der Waals surface area contributed by atoms with Crippen molar-refractivity contribution in [3.63, 3.8) is 0 Å². The summed E-state index contributed by atoms with van der Waals surface area (Å²) in [5, 5.41) is 38.5. The zero-order valence-electron chi connectivity index (χ0n) is 11.4. The third-order valence-electron chi connectivity index (χ3n) is 2.85. The van der Waals surface area contributed by atoms with Crippen LogP contribution in [0.2, 0.25) is 0 Å². The summed E-state index contributed by atoms with van der Waals surface area (Å²) in [7, 11) is 1.32. The van der Waals surface area contributed by atoms with Crippen LogP contribution < -0.4 is 4.74 Å². The number of phenols is 1. The average molecular weight is 317 g/mol. The van der Waals surface area contributed by atoms with Gasteiger partial charge in [-0.2, -0.15) is 0 Å². The van der Waals surface area contributed by atoms with Gasteiger partial charge in [-0.05, 0) is 30.2 Å². The maximum absolute atomic E-state index is 10.5. The second-order valence-corrected chi connectivity index (χ2v) is 4.70. The molecule has 2 unspecified atom stereocenters. The number of benzene rings is 1. The van der Waals surface area contributed by atoms with E-state index in [0.29, 0.717) is 5.56 Å². The minimum atomic E-state index is -1.36. The van der Waals surface area contributed by atoms with E-state index in [4.69, 9.17) is 21.4 Å². The molecule has 1 aromatic rings. The second kappa shape index (κ2) is 7.87. The molecule has 0 spiro atoms. The number of rotatable bonds is 7. The first-order valence-corrected chi connectivity index (χ1v) is 6.68. The molecule has 116 valence electrons. The summed E-state index contributed by atoms with van der Waals surface area (Å²) in [5.41, 5.74) is 0.441. The first-order chi connectivity index (χ1) is 9.90. The highest BCUT2D eigenvalue weighted by Gasteiger charge is 2.23. The number of carboxylic acid groups (broad SMARTS) is 1. The molecule has 0 radical (unpaired) electrons. The lowest BCUT2D eigenvalue weighted by Crippen LogP contribution is -2.19. The number of methoxy groups -OCH3 is 1. The van der Waals surface area contributed by atoms with Gasteiger partial charge in [0.2, 0.25) is 0 Å². The van der Waals surface area contributed by atoms with Crippen LogP contribution in [-0.2, 0) is 4.79 Å². The largest absolute Gasteiger partial charge is 0.504 e. The van der Waals surface area contributed by atoms with Crippen molar-refractivity contribution >= 4 is 23.6 Å². The third kappa shape index (κ3) is 4.63. The Balaban J connectivity index is 3.23. The van der Waals surface area contributed by atoms with Gasteiger partial charge < -0.3 is 25.2 Å². The number of carbonyl (C=O) groups is 1. The highest BCUT2D eigenvalue weighted by Crippen LogP contribution is 2.37. The lowest BCUT2D eigenvalue weighted by Gasteiger charge is -2.20. The number of hydrogen-bond donors (Lipinski definition) is 4. The van der Waals surface area contributed by atoms with E-state index in [1.807, 2.05) is 0 Å². The van der Waals surface area contributed by atoms with Crippen LogP contribution in [0.3, 0.4) is 0 Å². The molecule has 0 saturated carbocycles. The van der Waals surface area contributed by atoms with Gasteiger partial charge in [0, 0.05) is 17.5 Å². The Hall–Kier alpha value is -1.76. The number of aliphatic hydroxyl groups excluding tert-OH is 2. The van der Waals surface area contributed by atoms with E-state index >= 15 is 0 Å². The fourth-order valence-corrected chi connectivity index (χ4v) is 2.00. The minimum Gasteiger partial charge on any atom is -0.504 e. The molecule has 1 aromatic carbocycles. The SMILES string of the molecule is COc1cc(C=CC(=O)O)cc(C(O)C(O)CCCl)c1O. The van der Waals surface area contributed by atoms with Gasteiger partial charge in [0.15, 0.2) is 11.5 Å². The fraction of sp³-hybridized carbons (Fsp3) is 0.357. The van der Waals surface area contributed by atoms with Crippen molar-refractivity contribution in [2.75, 3.05) is 13.0 Å². The molecule has 0 amide bonds. The normalized spacial score (nSPS) is 14.1. The Labute approximate surface area is 126 Å². The number of ether oxygens (including phenoxy) is 1. The standard InChI is InChI=1S/C14H17ClO6/c1-21-11-7-8(2-3-12(17)18)6-9(14(11)20)13(19)10(16)4-5-15/h2-3,6-7,10,13,16,19-20H,4-5H2,1H3,(H,17,18). The van der Waals surface area contributed by atoms with Crippen LogP contribution in [0, 0.1) is 0 Å². The predicted molar refractivity (Wildman–Crippen MR) is 77.6 cm³/mol. The Kier molecular flexibility index (Phi) is 6.48. The molecule has 0 bridgehead atoms. The van der Waals surface area contributed by atoms with E-state index in [9.17, 15) is 20.1 Å². The summed E-state index contributed by atoms with van der Waals surface area (Å²) in [6.45, 7) is 0. The maximum Gasteiger partial charge on any atom is 0.328 e. The van der Waals surface area contributed by atoms with E-state index in [1.54, 1.807) is 0 Å². The average Bonchev–Trinajstić information content (AvgIpc) is 2.45. The molecule has 0 fully saturated rings. The lowest BCUT2D eigenvalue weighted by atomic mass is 9.98. The zero-order valence-corrected chi connectivity index (χ0v) is 12.1. The van der Waals surface area contributed by atoms with Crippen molar-refractivity contribution < 1.29 is 30.0 Å². The van der Waals surface area contributed by atoms with E-state index in [1.165, 1.54) is 25.3 Å². The molecule has 0 saturated heterocycles. The summed E-state index contributed by atoms with van der Waals surface area (Å²) < 4.78 is 4.97. The van der Waals surface area contributed by atoms with Crippen molar-refractivity contribution in [2.24, 2.45) is 0 Å². The van der Waals surface area contributed by atoms with Crippen LogP contribution in [0.25, 0.3) is 6.08 Å². The monoisotopic (exact) mass is 316 g/mol. The molecule has 0 aliphatic carbocycles. The predicted octanol–water partition coefficient (Wildman–Crippen LogP) is 1.52. The minimum absolute atomic E-state index is 0.0389. The Morgan fingerprint density at radius 1 is 1.43 bits per heavy atom. The summed E-state index contributed by atoms with van der Waals surface area (Å²) in [6.07, 6.45) is -0.182. The van der Waals surface area contributed by atoms with Crippen LogP contribution in [0.4, 0.5) is 0 Å². The number of aliphatic carboxylic acids is 1. The summed E-state index contributed by atoms with van der Waals surface area (Å²) in [6, 6.07) is 2.79. The summed E-state index contributed by atoms with van der Waals surface area (Å²) in [5.74, 6) is -1.23. The van der Waals surface area contributed by atoms with E-state index in [2.05, 4.69) is 0 Å². The molecule has 4 N–H and O–H groups in total. The molecule has 7 heteroatoms. The van der Waals surface area contributed by atoms with Crippen LogP contribution in [0.15, 0.2) is 18.2 Å². The van der Waals surface area contributed by atoms with Crippen LogP contribution >= 0.6 is 11.6 Å². The third-order valence-corrected chi connectivity index (χ3v) is 3.07. The van der Waals surface area contributed by atoms with E-state index in [0.717, 1.165) is 6.08 Å². The molecule has 21 heavy (non-hydrogen) atoms. The number of halogens is 1. The first kappa shape index (κ1) is 17.3. The van der Waals surface area contributed by atoms with Crippen molar-refractivity contribution in [3.8, 4) is 11.5 Å². The molecule has 2 atom stereocenters. The number of phenolic OH excluding ortho intramolecular Hbond substituents is 1. The van der Waals surface area contributed by atoms with Gasteiger partial charge in [-0.15, -0.1) is 11.6 Å². The Morgan fingerprint density at radius 2 is 2.10 bits per heavy atom. The van der Waals surface area contributed by atoms with Crippen LogP contribution in [0.5, 0.6) is 11.5 Å². The van der Waals surface area contributed by atoms with E-state index < -0.39 is 18.2 Å². The number of hydrogen-bond acceptors (Lipinski definition) is 5. The van der Waals surface area contributed by atoms with Crippen molar-refractivity contribution in [3.05, 3.63) is 29.3 Å². The number of aromatic hydroxyl groups is 1. The van der Waals surface area contributed by atoms with Crippen molar-refractivity contribution in [2.45, 2.75) is 18.6 Å². The second-order valence-electron chi connectivity index (χ2n) is 4.32. The molecule has 0 aliphatic heterocycles. The number of carboxylic acids is 1. The van der Waals surface area contributed by atoms with Gasteiger partial charge in [0.25, 0.3) is 0 Å². The van der Waals surface area contributed by atoms with Gasteiger partial charge in [0.1, 0.15) is 6.10 Å². The van der Waals surface area contributed by atoms with Gasteiger partial charge in [-0.1, -0.05) is 0 Å². The van der Waals surface area contributed by atoms with Crippen molar-refractivity contribution in [1.29, 1.82) is 0 Å². The molecule has 0 heterocycles. The van der Waals surface area contributed by atoms with Gasteiger partial charge in [-0.3, -0.25) is 0 Å². The molecule has 6 nitrogen and oxygen atoms in total. The van der Waals surface area contributed by atoms with Gasteiger partial charge >= 0.3 is 5.97 Å². The number of alkyl halides is 1. The maximum atomic E-state index is 10.5. The summed E-state index contributed by atoms with van der Waals surface area (Å²) in [4.78, 5) is 10.5. The lowest BCUT2D eigenvalue weighted by molar-refractivity contribution is -0.131. The molecule has 0 aliphatic rings. The number of aliphatic hydroxyl groups is 2. The molecule has 1 rings (SSSR count). The molecular formula is C14H17ClO6. The van der Waals surface area contributed by atoms with Gasteiger partial charge in [0.05, 0.1) is 13.2 Å². The Bertz CT molecular complexity index is 528. The first-order valence-electron chi connectivity index (χ1n) is 6.14. The van der Waals surface area contributed by atoms with Gasteiger partial charge in [-0.25, -0.2) is 4.79 Å². The fourth-order valence-electron chi connectivity index (χ4n) is 1.77. The molecular weight excluding hydrogens is 300 g/mol. The van der Waals surface area contributed by atoms with Crippen molar-refractivity contribution in [1.82, 2.24) is 0 Å². The summed E-state index contributed by atoms with van der Waals surface area (Å²) >= 11 is 5.51. The van der Waals surface area contributed by atoms with Crippen LogP contribution in [0.1, 0.15) is 23.7 Å². The Morgan fingerprint density at radius 3 is 2.62 bits per heavy atom. The topological polar surface area (TPSA) is 107 Å². The van der Waals surface area contributed by atoms with Crippen LogP contribution in [-0.4, -0.2) is 45.5 Å². The molecule has 0 aromatic heterocycles. The van der Waals surface area contributed by atoms with E-state index in [-0.39, 0.29) is 29.4 Å². The smallest absolute Gasteiger partial charge is 0.328 e. The zero-order chi connectivity index (χ0) is 16.0.